The zero-order valence-electron chi connectivity index (χ0n) is 6.65. The molecular weight excluding hydrogens is 288 g/mol. The first-order chi connectivity index (χ1) is 5.46. The number of phenols is 2. The van der Waals surface area contributed by atoms with E-state index in [2.05, 4.69) is 31.9 Å². The monoisotopic (exact) mass is 294 g/mol. The molecule has 0 radical (unpaired) electrons. The normalized spacial score (nSPS) is 10.3. The van der Waals surface area contributed by atoms with Gasteiger partial charge in [-0.2, -0.15) is 0 Å². The Hall–Kier alpha value is -0.220. The lowest BCUT2D eigenvalue weighted by atomic mass is 10.1. The molecule has 0 saturated carbocycles. The Morgan fingerprint density at radius 1 is 0.833 bits per heavy atom. The molecule has 12 heavy (non-hydrogen) atoms. The molecule has 2 N–H and O–H groups in total. The second-order valence-electron chi connectivity index (χ2n) is 2.58. The summed E-state index contributed by atoms with van der Waals surface area (Å²) >= 11 is 6.31. The predicted octanol–water partition coefficient (Wildman–Crippen LogP) is 3.24. The van der Waals surface area contributed by atoms with E-state index >= 15 is 0 Å². The summed E-state index contributed by atoms with van der Waals surface area (Å²) in [6.07, 6.45) is 0. The SMILES string of the molecule is Cc1c(C)c(Br)c(O)c(Br)c1O. The summed E-state index contributed by atoms with van der Waals surface area (Å²) in [5.74, 6) is 0.129. The van der Waals surface area contributed by atoms with Gasteiger partial charge in [0.25, 0.3) is 0 Å². The number of phenolic OH excluding ortho intramolecular Hbond substituents is 2. The van der Waals surface area contributed by atoms with Crippen molar-refractivity contribution in [2.45, 2.75) is 13.8 Å². The van der Waals surface area contributed by atoms with E-state index in [1.807, 2.05) is 6.92 Å². The molecule has 0 atom stereocenters. The predicted molar refractivity (Wildman–Crippen MR) is 54.6 cm³/mol. The summed E-state index contributed by atoms with van der Waals surface area (Å²) < 4.78 is 0.946. The lowest BCUT2D eigenvalue weighted by molar-refractivity contribution is 0.438. The molecule has 1 aromatic carbocycles. The first-order valence-electron chi connectivity index (χ1n) is 3.33. The highest BCUT2D eigenvalue weighted by atomic mass is 79.9. The Morgan fingerprint density at radius 2 is 1.33 bits per heavy atom. The zero-order chi connectivity index (χ0) is 9.46. The first kappa shape index (κ1) is 9.86. The smallest absolute Gasteiger partial charge is 0.147 e. The molecule has 0 unspecified atom stereocenters. The molecule has 0 saturated heterocycles. The van der Waals surface area contributed by atoms with Gasteiger partial charge in [0.2, 0.25) is 0 Å². The van der Waals surface area contributed by atoms with Crippen LogP contribution in [0.15, 0.2) is 8.95 Å². The summed E-state index contributed by atoms with van der Waals surface area (Å²) in [5, 5.41) is 18.9. The van der Waals surface area contributed by atoms with Gasteiger partial charge in [0.15, 0.2) is 0 Å². The van der Waals surface area contributed by atoms with Crippen molar-refractivity contribution < 1.29 is 10.2 Å². The first-order valence-corrected chi connectivity index (χ1v) is 4.91. The van der Waals surface area contributed by atoms with E-state index in [-0.39, 0.29) is 11.5 Å². The Morgan fingerprint density at radius 3 is 1.83 bits per heavy atom. The van der Waals surface area contributed by atoms with Crippen LogP contribution in [0.4, 0.5) is 0 Å². The van der Waals surface area contributed by atoms with Gasteiger partial charge in [0.1, 0.15) is 16.0 Å². The molecule has 0 aromatic heterocycles. The molecule has 2 nitrogen and oxygen atoms in total. The largest absolute Gasteiger partial charge is 0.506 e. The van der Waals surface area contributed by atoms with Gasteiger partial charge in [-0.25, -0.2) is 0 Å². The van der Waals surface area contributed by atoms with Crippen LogP contribution in [0, 0.1) is 13.8 Å². The quantitative estimate of drug-likeness (QED) is 0.771. The molecule has 1 rings (SSSR count). The molecule has 0 aliphatic heterocycles. The standard InChI is InChI=1S/C8H8Br2O2/c1-3-4(2)7(11)6(10)8(12)5(3)9/h11-12H,1-2H3. The minimum absolute atomic E-state index is 0.0376. The van der Waals surface area contributed by atoms with Gasteiger partial charge < -0.3 is 10.2 Å². The van der Waals surface area contributed by atoms with Crippen LogP contribution in [-0.2, 0) is 0 Å². The average Bonchev–Trinajstić information content (AvgIpc) is 2.08. The van der Waals surface area contributed by atoms with E-state index in [0.29, 0.717) is 8.95 Å². The maximum absolute atomic E-state index is 9.46. The second-order valence-corrected chi connectivity index (χ2v) is 4.16. The minimum Gasteiger partial charge on any atom is -0.506 e. The molecule has 66 valence electrons. The fraction of sp³-hybridized carbons (Fsp3) is 0.250. The zero-order valence-corrected chi connectivity index (χ0v) is 9.82. The molecule has 0 bridgehead atoms. The van der Waals surface area contributed by atoms with Crippen molar-refractivity contribution in [1.82, 2.24) is 0 Å². The number of rotatable bonds is 0. The Bertz CT molecular complexity index is 229. The van der Waals surface area contributed by atoms with Crippen LogP contribution >= 0.6 is 31.9 Å². The van der Waals surface area contributed by atoms with E-state index in [0.717, 1.165) is 11.1 Å². The van der Waals surface area contributed by atoms with E-state index < -0.39 is 0 Å². The van der Waals surface area contributed by atoms with E-state index in [1.165, 1.54) is 0 Å². The number of benzene rings is 1. The molecule has 1 aromatic rings. The van der Waals surface area contributed by atoms with Crippen molar-refractivity contribution in [2.75, 3.05) is 0 Å². The third-order valence-electron chi connectivity index (χ3n) is 1.87. The minimum atomic E-state index is 0.0376. The third kappa shape index (κ3) is 1.33. The summed E-state index contributed by atoms with van der Waals surface area (Å²) in [4.78, 5) is 0. The van der Waals surface area contributed by atoms with Gasteiger partial charge in [-0.1, -0.05) is 0 Å². The van der Waals surface area contributed by atoms with E-state index in [9.17, 15) is 10.2 Å². The van der Waals surface area contributed by atoms with Gasteiger partial charge in [0, 0.05) is 0 Å². The average molecular weight is 296 g/mol. The lowest BCUT2D eigenvalue weighted by Gasteiger charge is -2.10. The third-order valence-corrected chi connectivity index (χ3v) is 3.59. The van der Waals surface area contributed by atoms with Crippen molar-refractivity contribution in [3.63, 3.8) is 0 Å². The number of halogens is 2. The van der Waals surface area contributed by atoms with Crippen LogP contribution in [-0.4, -0.2) is 10.2 Å². The van der Waals surface area contributed by atoms with Gasteiger partial charge in [-0.15, -0.1) is 0 Å². The maximum atomic E-state index is 9.46. The van der Waals surface area contributed by atoms with E-state index in [1.54, 1.807) is 6.92 Å². The van der Waals surface area contributed by atoms with Crippen LogP contribution in [0.5, 0.6) is 11.5 Å². The van der Waals surface area contributed by atoms with Crippen LogP contribution in [0.3, 0.4) is 0 Å². The van der Waals surface area contributed by atoms with Gasteiger partial charge >= 0.3 is 0 Å². The Kier molecular flexibility index (Phi) is 2.68. The summed E-state index contributed by atoms with van der Waals surface area (Å²) in [6, 6.07) is 0. The highest BCUT2D eigenvalue weighted by Gasteiger charge is 2.14. The van der Waals surface area contributed by atoms with Gasteiger partial charge in [-0.3, -0.25) is 0 Å². The fourth-order valence-electron chi connectivity index (χ4n) is 0.893. The number of hydrogen-bond donors (Lipinski definition) is 2. The number of hydrogen-bond acceptors (Lipinski definition) is 2. The van der Waals surface area contributed by atoms with Gasteiger partial charge in [-0.05, 0) is 56.8 Å². The van der Waals surface area contributed by atoms with Crippen molar-refractivity contribution >= 4 is 31.9 Å². The highest BCUT2D eigenvalue weighted by molar-refractivity contribution is 9.11. The Balaban J connectivity index is 3.60. The summed E-state index contributed by atoms with van der Waals surface area (Å²) in [5.41, 5.74) is 1.60. The maximum Gasteiger partial charge on any atom is 0.147 e. The molecule has 0 heterocycles. The fourth-order valence-corrected chi connectivity index (χ4v) is 2.15. The lowest BCUT2D eigenvalue weighted by Crippen LogP contribution is -1.86. The van der Waals surface area contributed by atoms with Crippen molar-refractivity contribution in [2.24, 2.45) is 0 Å². The number of aromatic hydroxyl groups is 2. The molecule has 0 aliphatic carbocycles. The van der Waals surface area contributed by atoms with Crippen LogP contribution < -0.4 is 0 Å². The highest BCUT2D eigenvalue weighted by Crippen LogP contribution is 2.43. The van der Waals surface area contributed by atoms with Crippen LogP contribution in [0.2, 0.25) is 0 Å². The van der Waals surface area contributed by atoms with Crippen molar-refractivity contribution in [3.05, 3.63) is 20.1 Å². The van der Waals surface area contributed by atoms with Crippen molar-refractivity contribution in [1.29, 1.82) is 0 Å². The molecular formula is C8H8Br2O2. The van der Waals surface area contributed by atoms with Gasteiger partial charge in [0.05, 0.1) is 4.47 Å². The summed E-state index contributed by atoms with van der Waals surface area (Å²) in [7, 11) is 0. The topological polar surface area (TPSA) is 40.5 Å². The molecule has 0 aliphatic rings. The molecule has 4 heteroatoms. The van der Waals surface area contributed by atoms with E-state index in [4.69, 9.17) is 0 Å². The van der Waals surface area contributed by atoms with Crippen molar-refractivity contribution in [3.8, 4) is 11.5 Å². The Labute approximate surface area is 87.5 Å². The van der Waals surface area contributed by atoms with Crippen LogP contribution in [0.25, 0.3) is 0 Å². The summed E-state index contributed by atoms with van der Waals surface area (Å²) in [6.45, 7) is 3.62. The molecule has 0 amide bonds. The molecule has 0 spiro atoms. The molecule has 0 fully saturated rings. The second kappa shape index (κ2) is 3.26. The van der Waals surface area contributed by atoms with Crippen LogP contribution in [0.1, 0.15) is 11.1 Å².